The molecule has 0 aliphatic heterocycles. The van der Waals surface area contributed by atoms with Crippen molar-refractivity contribution in [1.29, 1.82) is 0 Å². The summed E-state index contributed by atoms with van der Waals surface area (Å²) in [5, 5.41) is 0. The average Bonchev–Trinajstić information content (AvgIpc) is 2.39. The summed E-state index contributed by atoms with van der Waals surface area (Å²) in [6.07, 6.45) is 1.58. The fraction of sp³-hybridized carbons (Fsp3) is 0.533. The Morgan fingerprint density at radius 1 is 1.22 bits per heavy atom. The quantitative estimate of drug-likeness (QED) is 0.719. The summed E-state index contributed by atoms with van der Waals surface area (Å²) in [5.74, 6) is 1.80. The van der Waals surface area contributed by atoms with Crippen LogP contribution in [0.15, 0.2) is 24.3 Å². The summed E-state index contributed by atoms with van der Waals surface area (Å²) in [6.45, 7) is 8.19. The van der Waals surface area contributed by atoms with Gasteiger partial charge >= 0.3 is 0 Å². The molecule has 0 heterocycles. The Morgan fingerprint density at radius 2 is 1.78 bits per heavy atom. The van der Waals surface area contributed by atoms with Crippen LogP contribution < -0.4 is 4.74 Å². The lowest BCUT2D eigenvalue weighted by Crippen LogP contribution is -2.15. The zero-order chi connectivity index (χ0) is 14.0. The largest absolute Gasteiger partial charge is 0.497 e. The molecule has 18 heavy (non-hydrogen) atoms. The smallest absolute Gasteiger partial charge is 0.121 e. The fourth-order valence-corrected chi connectivity index (χ4v) is 2.20. The number of hydrogen-bond donors (Lipinski definition) is 0. The van der Waals surface area contributed by atoms with Crippen LogP contribution in [0.5, 0.6) is 5.75 Å². The van der Waals surface area contributed by atoms with Crippen LogP contribution in [0.1, 0.15) is 39.7 Å². The van der Waals surface area contributed by atoms with Crippen molar-refractivity contribution < 1.29 is 9.53 Å². The highest BCUT2D eigenvalue weighted by Gasteiger charge is 2.17. The van der Waals surface area contributed by atoms with Gasteiger partial charge in [0.25, 0.3) is 0 Å². The van der Waals surface area contributed by atoms with E-state index in [1.165, 1.54) is 5.56 Å². The first-order chi connectivity index (χ1) is 8.57. The molecule has 0 aromatic heterocycles. The monoisotopic (exact) mass is 268 g/mol. The van der Waals surface area contributed by atoms with Crippen molar-refractivity contribution in [2.45, 2.75) is 44.6 Å². The molecular weight excluding hydrogens is 244 g/mol. The number of ether oxygens (including phenoxy) is 1. The van der Waals surface area contributed by atoms with E-state index in [0.717, 1.165) is 17.8 Å². The van der Waals surface area contributed by atoms with Crippen molar-refractivity contribution in [3.8, 4) is 5.75 Å². The molecule has 0 aliphatic carbocycles. The van der Waals surface area contributed by atoms with Crippen LogP contribution in [0, 0.1) is 0 Å². The zero-order valence-electron chi connectivity index (χ0n) is 12.0. The number of benzene rings is 1. The van der Waals surface area contributed by atoms with Gasteiger partial charge in [-0.15, -0.1) is 0 Å². The normalized spacial score (nSPS) is 10.3. The second-order valence-electron chi connectivity index (χ2n) is 4.27. The Kier molecular flexibility index (Phi) is 8.55. The number of rotatable bonds is 6. The molecule has 102 valence electrons. The third-order valence-corrected chi connectivity index (χ3v) is 3.79. The molecule has 0 atom stereocenters. The molecule has 2 nitrogen and oxygen atoms in total. The molecule has 0 unspecified atom stereocenters. The lowest BCUT2D eigenvalue weighted by atomic mass is 10.1. The molecule has 0 saturated carbocycles. The van der Waals surface area contributed by atoms with E-state index in [-0.39, 0.29) is 4.75 Å². The summed E-state index contributed by atoms with van der Waals surface area (Å²) in [5.41, 5.74) is 1.25. The van der Waals surface area contributed by atoms with Crippen LogP contribution in [0.4, 0.5) is 0 Å². The molecule has 0 bridgehead atoms. The van der Waals surface area contributed by atoms with Crippen LogP contribution in [0.25, 0.3) is 0 Å². The predicted octanol–water partition coefficient (Wildman–Crippen LogP) is 4.32. The van der Waals surface area contributed by atoms with Gasteiger partial charge in [-0.3, -0.25) is 0 Å². The topological polar surface area (TPSA) is 26.3 Å². The molecule has 1 rings (SSSR count). The summed E-state index contributed by atoms with van der Waals surface area (Å²) in [7, 11) is 1.66. The molecule has 0 radical (unpaired) electrons. The number of hydrogen-bond acceptors (Lipinski definition) is 3. The first-order valence-corrected chi connectivity index (χ1v) is 7.26. The second kappa shape index (κ2) is 9.03. The SMILES string of the molecule is CC.COc1ccc(CSC(C)(C)CC=O)cc1. The van der Waals surface area contributed by atoms with Crippen molar-refractivity contribution in [2.75, 3.05) is 7.11 Å². The standard InChI is InChI=1S/C13H18O2S.C2H6/c1-13(2,8-9-14)16-10-11-4-6-12(15-3)7-5-11;1-2/h4-7,9H,8,10H2,1-3H3;1-2H3. The summed E-state index contributed by atoms with van der Waals surface area (Å²) < 4.78 is 5.12. The highest BCUT2D eigenvalue weighted by Crippen LogP contribution is 2.30. The van der Waals surface area contributed by atoms with Gasteiger partial charge in [-0.25, -0.2) is 0 Å². The Balaban J connectivity index is 0.00000137. The molecule has 0 aliphatic rings. The van der Waals surface area contributed by atoms with E-state index in [2.05, 4.69) is 26.0 Å². The first-order valence-electron chi connectivity index (χ1n) is 6.28. The molecule has 0 N–H and O–H groups in total. The van der Waals surface area contributed by atoms with E-state index in [1.54, 1.807) is 18.9 Å². The Morgan fingerprint density at radius 3 is 2.22 bits per heavy atom. The van der Waals surface area contributed by atoms with E-state index in [0.29, 0.717) is 6.42 Å². The summed E-state index contributed by atoms with van der Waals surface area (Å²) in [4.78, 5) is 10.5. The predicted molar refractivity (Wildman–Crippen MR) is 80.4 cm³/mol. The van der Waals surface area contributed by atoms with Gasteiger partial charge < -0.3 is 9.53 Å². The highest BCUT2D eigenvalue weighted by atomic mass is 32.2. The van der Waals surface area contributed by atoms with E-state index in [4.69, 9.17) is 4.74 Å². The molecule has 1 aromatic rings. The molecule has 0 fully saturated rings. The molecule has 0 amide bonds. The van der Waals surface area contributed by atoms with Crippen LogP contribution in [0.2, 0.25) is 0 Å². The Labute approximate surface area is 115 Å². The maximum Gasteiger partial charge on any atom is 0.121 e. The van der Waals surface area contributed by atoms with Gasteiger partial charge in [0.15, 0.2) is 0 Å². The van der Waals surface area contributed by atoms with E-state index in [1.807, 2.05) is 26.0 Å². The zero-order valence-corrected chi connectivity index (χ0v) is 12.8. The Bertz CT molecular complexity index is 331. The van der Waals surface area contributed by atoms with Gasteiger partial charge in [0, 0.05) is 16.9 Å². The van der Waals surface area contributed by atoms with Crippen molar-refractivity contribution in [3.63, 3.8) is 0 Å². The van der Waals surface area contributed by atoms with Crippen LogP contribution in [-0.4, -0.2) is 18.1 Å². The van der Waals surface area contributed by atoms with E-state index >= 15 is 0 Å². The first kappa shape index (κ1) is 17.0. The van der Waals surface area contributed by atoms with Crippen molar-refractivity contribution >= 4 is 18.0 Å². The number of carbonyl (C=O) groups excluding carboxylic acids is 1. The number of carbonyl (C=O) groups is 1. The van der Waals surface area contributed by atoms with Crippen molar-refractivity contribution in [1.82, 2.24) is 0 Å². The number of thioether (sulfide) groups is 1. The fourth-order valence-electron chi connectivity index (χ4n) is 1.26. The summed E-state index contributed by atoms with van der Waals surface area (Å²) in [6, 6.07) is 8.04. The minimum atomic E-state index is 0.0156. The lowest BCUT2D eigenvalue weighted by Gasteiger charge is -2.21. The van der Waals surface area contributed by atoms with Gasteiger partial charge in [0.2, 0.25) is 0 Å². The molecule has 3 heteroatoms. The third-order valence-electron chi connectivity index (χ3n) is 2.36. The van der Waals surface area contributed by atoms with Crippen molar-refractivity contribution in [2.24, 2.45) is 0 Å². The van der Waals surface area contributed by atoms with Gasteiger partial charge in [0.05, 0.1) is 7.11 Å². The maximum absolute atomic E-state index is 10.5. The Hall–Kier alpha value is -0.960. The third kappa shape index (κ3) is 6.70. The molecule has 0 saturated heterocycles. The second-order valence-corrected chi connectivity index (χ2v) is 5.95. The highest BCUT2D eigenvalue weighted by molar-refractivity contribution is 7.99. The van der Waals surface area contributed by atoms with Gasteiger partial charge in [-0.2, -0.15) is 11.8 Å². The van der Waals surface area contributed by atoms with Crippen LogP contribution in [0.3, 0.4) is 0 Å². The molecule has 0 spiro atoms. The number of aldehydes is 1. The minimum Gasteiger partial charge on any atom is -0.497 e. The van der Waals surface area contributed by atoms with Crippen LogP contribution >= 0.6 is 11.8 Å². The average molecular weight is 268 g/mol. The maximum atomic E-state index is 10.5. The van der Waals surface area contributed by atoms with Gasteiger partial charge in [-0.05, 0) is 17.7 Å². The lowest BCUT2D eigenvalue weighted by molar-refractivity contribution is -0.108. The minimum absolute atomic E-state index is 0.0156. The molecular formula is C15H24O2S. The van der Waals surface area contributed by atoms with Crippen LogP contribution in [-0.2, 0) is 10.5 Å². The van der Waals surface area contributed by atoms with E-state index in [9.17, 15) is 4.79 Å². The van der Waals surface area contributed by atoms with Gasteiger partial charge in [-0.1, -0.05) is 39.8 Å². The van der Waals surface area contributed by atoms with E-state index < -0.39 is 0 Å². The number of methoxy groups -OCH3 is 1. The van der Waals surface area contributed by atoms with Gasteiger partial charge in [0.1, 0.15) is 12.0 Å². The molecule has 1 aromatic carbocycles. The van der Waals surface area contributed by atoms with Crippen molar-refractivity contribution in [3.05, 3.63) is 29.8 Å². The summed E-state index contributed by atoms with van der Waals surface area (Å²) >= 11 is 1.80.